The van der Waals surface area contributed by atoms with Crippen molar-refractivity contribution in [1.82, 2.24) is 0 Å². The van der Waals surface area contributed by atoms with E-state index < -0.39 is 47.8 Å². The van der Waals surface area contributed by atoms with Crippen LogP contribution in [0.2, 0.25) is 0 Å². The predicted molar refractivity (Wildman–Crippen MR) is 48.5 cm³/mol. The molecule has 108 valence electrons. The van der Waals surface area contributed by atoms with Crippen molar-refractivity contribution in [2.45, 2.75) is 18.8 Å². The lowest BCUT2D eigenvalue weighted by atomic mass is 9.85. The van der Waals surface area contributed by atoms with E-state index in [1.54, 1.807) is 0 Å². The van der Waals surface area contributed by atoms with E-state index in [1.807, 2.05) is 0 Å². The Bertz CT molecular complexity index is 451. The van der Waals surface area contributed by atoms with Crippen molar-refractivity contribution >= 4 is 5.97 Å². The Morgan fingerprint density at radius 3 is 2.37 bits per heavy atom. The monoisotopic (exact) mass is 292 g/mol. The molecule has 1 aliphatic carbocycles. The van der Waals surface area contributed by atoms with Crippen molar-refractivity contribution in [1.29, 1.82) is 0 Å². The van der Waals surface area contributed by atoms with Crippen LogP contribution in [0.4, 0.5) is 30.7 Å². The Labute approximate surface area is 102 Å². The molecule has 2 unspecified atom stereocenters. The molecule has 0 saturated carbocycles. The first-order chi connectivity index (χ1) is 8.50. The van der Waals surface area contributed by atoms with Crippen LogP contribution in [-0.4, -0.2) is 24.4 Å². The quantitative estimate of drug-likeness (QED) is 0.575. The third-order valence-corrected chi connectivity index (χ3v) is 2.59. The number of carbonyl (C=O) groups is 1. The summed E-state index contributed by atoms with van der Waals surface area (Å²) in [6.07, 6.45) is -5.54. The molecule has 0 N–H and O–H groups in total. The molecule has 0 radical (unpaired) electrons. The molecule has 9 heteroatoms. The Morgan fingerprint density at radius 1 is 1.37 bits per heavy atom. The van der Waals surface area contributed by atoms with E-state index in [0.29, 0.717) is 6.92 Å². The molecule has 0 aromatic rings. The fraction of sp³-hybridized carbons (Fsp3) is 0.500. The van der Waals surface area contributed by atoms with Crippen molar-refractivity contribution < 1.29 is 40.3 Å². The average molecular weight is 292 g/mol. The molecule has 0 fully saturated rings. The Balaban J connectivity index is 2.89. The summed E-state index contributed by atoms with van der Waals surface area (Å²) in [6.45, 7) is -1.00. The largest absolute Gasteiger partial charge is 0.490 e. The summed E-state index contributed by atoms with van der Waals surface area (Å²) in [7, 11) is 0. The molecular formula is C10H7F7O2. The summed E-state index contributed by atoms with van der Waals surface area (Å²) in [5, 5.41) is 0. The number of allylic oxidation sites excluding steroid dienone is 3. The van der Waals surface area contributed by atoms with Crippen molar-refractivity contribution in [3.63, 3.8) is 0 Å². The number of esters is 1. The maximum absolute atomic E-state index is 14.0. The van der Waals surface area contributed by atoms with Gasteiger partial charge in [-0.15, -0.1) is 0 Å². The predicted octanol–water partition coefficient (Wildman–Crippen LogP) is 3.45. The van der Waals surface area contributed by atoms with Crippen LogP contribution in [0.1, 0.15) is 6.92 Å². The van der Waals surface area contributed by atoms with Crippen LogP contribution in [0, 0.1) is 5.92 Å². The highest BCUT2D eigenvalue weighted by Crippen LogP contribution is 2.43. The third kappa shape index (κ3) is 2.90. The van der Waals surface area contributed by atoms with Gasteiger partial charge in [0.25, 0.3) is 0 Å². The van der Waals surface area contributed by atoms with Gasteiger partial charge in [-0.1, -0.05) is 6.92 Å². The second kappa shape index (κ2) is 4.86. The number of carbonyl (C=O) groups excluding carboxylic acids is 1. The van der Waals surface area contributed by atoms with Gasteiger partial charge in [0.2, 0.25) is 5.67 Å². The normalized spacial score (nSPS) is 28.2. The molecule has 1 rings (SSSR count). The van der Waals surface area contributed by atoms with Gasteiger partial charge in [-0.25, -0.2) is 22.4 Å². The summed E-state index contributed by atoms with van der Waals surface area (Å²) in [5.41, 5.74) is -3.37. The zero-order valence-electron chi connectivity index (χ0n) is 9.32. The third-order valence-electron chi connectivity index (χ3n) is 2.59. The van der Waals surface area contributed by atoms with E-state index >= 15 is 0 Å². The van der Waals surface area contributed by atoms with E-state index in [-0.39, 0.29) is 6.08 Å². The Kier molecular flexibility index (Phi) is 3.97. The van der Waals surface area contributed by atoms with Crippen LogP contribution in [0.15, 0.2) is 23.6 Å². The molecule has 0 heterocycles. The first-order valence-electron chi connectivity index (χ1n) is 4.86. The molecule has 0 saturated heterocycles. The van der Waals surface area contributed by atoms with E-state index in [2.05, 4.69) is 4.74 Å². The summed E-state index contributed by atoms with van der Waals surface area (Å²) in [6, 6.07) is 0. The first-order valence-corrected chi connectivity index (χ1v) is 4.86. The molecule has 0 aromatic carbocycles. The van der Waals surface area contributed by atoms with Crippen LogP contribution in [0.25, 0.3) is 0 Å². The van der Waals surface area contributed by atoms with Gasteiger partial charge in [-0.2, -0.15) is 13.2 Å². The van der Waals surface area contributed by atoms with E-state index in [9.17, 15) is 35.5 Å². The van der Waals surface area contributed by atoms with E-state index in [1.165, 1.54) is 0 Å². The van der Waals surface area contributed by atoms with Gasteiger partial charge in [-0.05, 0) is 0 Å². The lowest BCUT2D eigenvalue weighted by Crippen LogP contribution is -2.42. The van der Waals surface area contributed by atoms with Crippen molar-refractivity contribution in [2.24, 2.45) is 5.92 Å². The lowest BCUT2D eigenvalue weighted by molar-refractivity contribution is -0.203. The number of hydrogen-bond donors (Lipinski definition) is 0. The topological polar surface area (TPSA) is 26.3 Å². The fourth-order valence-electron chi connectivity index (χ4n) is 1.36. The van der Waals surface area contributed by atoms with Crippen LogP contribution in [0.5, 0.6) is 0 Å². The molecule has 0 spiro atoms. The van der Waals surface area contributed by atoms with Gasteiger partial charge in [0.05, 0.1) is 5.92 Å². The molecule has 0 amide bonds. The van der Waals surface area contributed by atoms with E-state index in [4.69, 9.17) is 0 Å². The zero-order valence-corrected chi connectivity index (χ0v) is 9.32. The minimum Gasteiger partial charge on any atom is -0.455 e. The number of alkyl halides is 4. The zero-order chi connectivity index (χ0) is 15.0. The highest BCUT2D eigenvalue weighted by molar-refractivity contribution is 5.75. The molecular weight excluding hydrogens is 285 g/mol. The van der Waals surface area contributed by atoms with Crippen LogP contribution in [0.3, 0.4) is 0 Å². The summed E-state index contributed by atoms with van der Waals surface area (Å²) >= 11 is 0. The van der Waals surface area contributed by atoms with Crippen LogP contribution >= 0.6 is 0 Å². The van der Waals surface area contributed by atoms with Gasteiger partial charge in [0.1, 0.15) is 18.3 Å². The highest BCUT2D eigenvalue weighted by atomic mass is 19.4. The molecule has 0 aliphatic heterocycles. The lowest BCUT2D eigenvalue weighted by Gasteiger charge is -2.31. The standard InChI is InChI=1S/C10H7F7O2/c1-4-7(13)5(11)2-6(12)9(4,14)3-19-8(18)10(15,16)17/h2,4H,3H2,1H3. The maximum Gasteiger partial charge on any atom is 0.490 e. The maximum atomic E-state index is 14.0. The van der Waals surface area contributed by atoms with Gasteiger partial charge in [-0.3, -0.25) is 0 Å². The summed E-state index contributed by atoms with van der Waals surface area (Å²) < 4.78 is 92.0. The number of ether oxygens (including phenoxy) is 1. The molecule has 0 aromatic heterocycles. The van der Waals surface area contributed by atoms with Gasteiger partial charge >= 0.3 is 12.1 Å². The minimum absolute atomic E-state index is 0.142. The average Bonchev–Trinajstić information content (AvgIpc) is 2.30. The number of hydrogen-bond acceptors (Lipinski definition) is 2. The van der Waals surface area contributed by atoms with Crippen molar-refractivity contribution in [3.05, 3.63) is 23.6 Å². The number of rotatable bonds is 2. The van der Waals surface area contributed by atoms with E-state index in [0.717, 1.165) is 0 Å². The smallest absolute Gasteiger partial charge is 0.455 e. The molecule has 2 atom stereocenters. The molecule has 1 aliphatic rings. The van der Waals surface area contributed by atoms with Gasteiger partial charge in [0, 0.05) is 6.08 Å². The second-order valence-electron chi connectivity index (χ2n) is 3.85. The molecule has 2 nitrogen and oxygen atoms in total. The SMILES string of the molecule is CC1C(F)=C(F)C=C(F)C1(F)COC(=O)C(F)(F)F. The summed E-state index contributed by atoms with van der Waals surface area (Å²) in [4.78, 5) is 10.4. The minimum atomic E-state index is -5.39. The Hall–Kier alpha value is -1.54. The van der Waals surface area contributed by atoms with Gasteiger partial charge in [0.15, 0.2) is 5.83 Å². The fourth-order valence-corrected chi connectivity index (χ4v) is 1.36. The number of halogens is 7. The van der Waals surface area contributed by atoms with Crippen LogP contribution in [-0.2, 0) is 9.53 Å². The van der Waals surface area contributed by atoms with Crippen molar-refractivity contribution in [2.75, 3.05) is 6.61 Å². The van der Waals surface area contributed by atoms with Crippen molar-refractivity contribution in [3.8, 4) is 0 Å². The second-order valence-corrected chi connectivity index (χ2v) is 3.85. The van der Waals surface area contributed by atoms with Crippen LogP contribution < -0.4 is 0 Å². The highest BCUT2D eigenvalue weighted by Gasteiger charge is 2.50. The van der Waals surface area contributed by atoms with Gasteiger partial charge < -0.3 is 4.74 Å². The Morgan fingerprint density at radius 2 is 1.89 bits per heavy atom. The molecule has 0 bridgehead atoms. The summed E-state index contributed by atoms with van der Waals surface area (Å²) in [5.74, 6) is -10.0. The molecule has 19 heavy (non-hydrogen) atoms. The first kappa shape index (κ1) is 15.5.